The molecule has 3 N–H and O–H groups in total. The molecule has 0 unspecified atom stereocenters. The van der Waals surface area contributed by atoms with Crippen LogP contribution in [0.15, 0.2) is 36.5 Å². The van der Waals surface area contributed by atoms with Gasteiger partial charge in [-0.05, 0) is 24.6 Å². The lowest BCUT2D eigenvalue weighted by Gasteiger charge is -2.07. The van der Waals surface area contributed by atoms with Crippen LogP contribution >= 0.6 is 0 Å². The fourth-order valence-corrected chi connectivity index (χ4v) is 1.58. The number of benzene rings is 1. The first kappa shape index (κ1) is 13.5. The summed E-state index contributed by atoms with van der Waals surface area (Å²) in [5.41, 5.74) is 7.14. The molecule has 0 aliphatic rings. The van der Waals surface area contributed by atoms with E-state index in [9.17, 15) is 14.9 Å². The highest BCUT2D eigenvalue weighted by Crippen LogP contribution is 2.22. The minimum Gasteiger partial charge on any atom is -0.397 e. The second-order valence-corrected chi connectivity index (χ2v) is 4.19. The van der Waals surface area contributed by atoms with Crippen molar-refractivity contribution < 1.29 is 9.72 Å². The van der Waals surface area contributed by atoms with Gasteiger partial charge in [-0.15, -0.1) is 0 Å². The second-order valence-electron chi connectivity index (χ2n) is 4.19. The van der Waals surface area contributed by atoms with Crippen molar-refractivity contribution in [3.63, 3.8) is 0 Å². The van der Waals surface area contributed by atoms with Crippen LogP contribution in [0.25, 0.3) is 0 Å². The molecule has 0 spiro atoms. The fourth-order valence-electron chi connectivity index (χ4n) is 1.58. The summed E-state index contributed by atoms with van der Waals surface area (Å²) in [5.74, 6) is -0.450. The number of amides is 1. The highest BCUT2D eigenvalue weighted by molar-refractivity contribution is 6.03. The number of nitro benzene ring substituents is 1. The van der Waals surface area contributed by atoms with E-state index in [4.69, 9.17) is 5.73 Å². The number of nitrogens with zero attached hydrogens (tertiary/aromatic N) is 2. The average Bonchev–Trinajstić information content (AvgIpc) is 2.41. The molecule has 1 amide bonds. The quantitative estimate of drug-likeness (QED) is 0.656. The molecule has 0 fully saturated rings. The number of aryl methyl sites for hydroxylation is 1. The van der Waals surface area contributed by atoms with Crippen molar-refractivity contribution in [2.75, 3.05) is 11.1 Å². The zero-order valence-electron chi connectivity index (χ0n) is 10.7. The van der Waals surface area contributed by atoms with Crippen molar-refractivity contribution >= 4 is 23.0 Å². The van der Waals surface area contributed by atoms with Gasteiger partial charge in [0.1, 0.15) is 5.69 Å². The van der Waals surface area contributed by atoms with Gasteiger partial charge in [0.15, 0.2) is 0 Å². The van der Waals surface area contributed by atoms with Crippen molar-refractivity contribution in [1.29, 1.82) is 0 Å². The van der Waals surface area contributed by atoms with E-state index in [1.54, 1.807) is 19.1 Å². The normalized spacial score (nSPS) is 10.1. The predicted octanol–water partition coefficient (Wildman–Crippen LogP) is 2.13. The van der Waals surface area contributed by atoms with E-state index < -0.39 is 10.8 Å². The maximum atomic E-state index is 12.0. The van der Waals surface area contributed by atoms with Gasteiger partial charge in [0.25, 0.3) is 11.6 Å². The molecule has 0 aliphatic carbocycles. The number of hydrogen-bond donors (Lipinski definition) is 2. The summed E-state index contributed by atoms with van der Waals surface area (Å²) in [5, 5.41) is 13.3. The van der Waals surface area contributed by atoms with E-state index in [-0.39, 0.29) is 11.4 Å². The molecule has 1 aromatic heterocycles. The molecule has 7 nitrogen and oxygen atoms in total. The Morgan fingerprint density at radius 1 is 1.35 bits per heavy atom. The molecule has 2 aromatic rings. The smallest absolute Gasteiger partial charge is 0.274 e. The standard InChI is InChI=1S/C13H12N4O3/c1-8-2-4-10(17(19)20)6-12(8)16-13(18)11-5-3-9(14)7-15-11/h2-7H,14H2,1H3,(H,16,18). The SMILES string of the molecule is Cc1ccc([N+](=O)[O-])cc1NC(=O)c1ccc(N)cn1. The predicted molar refractivity (Wildman–Crippen MR) is 74.4 cm³/mol. The zero-order valence-corrected chi connectivity index (χ0v) is 10.7. The number of anilines is 2. The minimum absolute atomic E-state index is 0.0869. The van der Waals surface area contributed by atoms with Crippen LogP contribution in [0.2, 0.25) is 0 Å². The maximum absolute atomic E-state index is 12.0. The van der Waals surface area contributed by atoms with Crippen molar-refractivity contribution in [3.05, 3.63) is 57.9 Å². The molecule has 0 radical (unpaired) electrons. The summed E-state index contributed by atoms with van der Waals surface area (Å²) in [6.45, 7) is 1.75. The monoisotopic (exact) mass is 272 g/mol. The highest BCUT2D eigenvalue weighted by Gasteiger charge is 2.12. The number of carbonyl (C=O) groups is 1. The Labute approximate surface area is 114 Å². The van der Waals surface area contributed by atoms with Gasteiger partial charge in [-0.25, -0.2) is 4.98 Å². The van der Waals surface area contributed by atoms with Crippen LogP contribution in [-0.4, -0.2) is 15.8 Å². The molecule has 7 heteroatoms. The Morgan fingerprint density at radius 2 is 2.10 bits per heavy atom. The van der Waals surface area contributed by atoms with E-state index in [0.717, 1.165) is 5.56 Å². The van der Waals surface area contributed by atoms with Gasteiger partial charge in [-0.3, -0.25) is 14.9 Å². The molecule has 0 atom stereocenters. The summed E-state index contributed by atoms with van der Waals surface area (Å²) < 4.78 is 0. The lowest BCUT2D eigenvalue weighted by molar-refractivity contribution is -0.384. The molecule has 0 aliphatic heterocycles. The number of aromatic nitrogens is 1. The Bertz CT molecular complexity index is 668. The number of pyridine rings is 1. The van der Waals surface area contributed by atoms with Gasteiger partial charge in [0.2, 0.25) is 0 Å². The van der Waals surface area contributed by atoms with Crippen molar-refractivity contribution in [2.24, 2.45) is 0 Å². The van der Waals surface area contributed by atoms with Crippen LogP contribution < -0.4 is 11.1 Å². The van der Waals surface area contributed by atoms with E-state index in [0.29, 0.717) is 11.4 Å². The molecule has 0 bridgehead atoms. The van der Waals surface area contributed by atoms with Crippen LogP contribution in [0.4, 0.5) is 17.1 Å². The third-order valence-electron chi connectivity index (χ3n) is 2.70. The summed E-state index contributed by atoms with van der Waals surface area (Å²) >= 11 is 0. The van der Waals surface area contributed by atoms with Gasteiger partial charge in [0, 0.05) is 12.1 Å². The molecular formula is C13H12N4O3. The first-order chi connectivity index (χ1) is 9.47. The molecule has 20 heavy (non-hydrogen) atoms. The minimum atomic E-state index is -0.517. The number of hydrogen-bond acceptors (Lipinski definition) is 5. The fraction of sp³-hybridized carbons (Fsp3) is 0.0769. The lowest BCUT2D eigenvalue weighted by Crippen LogP contribution is -2.14. The highest BCUT2D eigenvalue weighted by atomic mass is 16.6. The third kappa shape index (κ3) is 2.89. The summed E-state index contributed by atoms with van der Waals surface area (Å²) in [6.07, 6.45) is 1.37. The number of nitro groups is 1. The van der Waals surface area contributed by atoms with Gasteiger partial charge in [0.05, 0.1) is 22.5 Å². The molecule has 2 rings (SSSR count). The van der Waals surface area contributed by atoms with E-state index >= 15 is 0 Å². The summed E-state index contributed by atoms with van der Waals surface area (Å²) in [6, 6.07) is 7.31. The van der Waals surface area contributed by atoms with Crippen LogP contribution in [0, 0.1) is 17.0 Å². The molecule has 1 heterocycles. The van der Waals surface area contributed by atoms with Crippen molar-refractivity contribution in [2.45, 2.75) is 6.92 Å². The Balaban J connectivity index is 2.25. The average molecular weight is 272 g/mol. The number of rotatable bonds is 3. The van der Waals surface area contributed by atoms with Gasteiger partial charge >= 0.3 is 0 Å². The van der Waals surface area contributed by atoms with E-state index in [1.807, 2.05) is 0 Å². The Kier molecular flexibility index (Phi) is 3.60. The van der Waals surface area contributed by atoms with Crippen LogP contribution in [-0.2, 0) is 0 Å². The molecule has 1 aromatic carbocycles. The zero-order chi connectivity index (χ0) is 14.7. The van der Waals surface area contributed by atoms with Crippen LogP contribution in [0.5, 0.6) is 0 Å². The maximum Gasteiger partial charge on any atom is 0.274 e. The van der Waals surface area contributed by atoms with Crippen LogP contribution in [0.3, 0.4) is 0 Å². The Hall–Kier alpha value is -2.96. The third-order valence-corrected chi connectivity index (χ3v) is 2.70. The number of nitrogen functional groups attached to an aromatic ring is 1. The van der Waals surface area contributed by atoms with Crippen LogP contribution in [0.1, 0.15) is 16.1 Å². The summed E-state index contributed by atoms with van der Waals surface area (Å²) in [4.78, 5) is 26.1. The number of non-ortho nitro benzene ring substituents is 1. The van der Waals surface area contributed by atoms with Crippen molar-refractivity contribution in [3.8, 4) is 0 Å². The van der Waals surface area contributed by atoms with Gasteiger partial charge < -0.3 is 11.1 Å². The molecule has 0 saturated heterocycles. The van der Waals surface area contributed by atoms with Gasteiger partial charge in [-0.2, -0.15) is 0 Å². The summed E-state index contributed by atoms with van der Waals surface area (Å²) in [7, 11) is 0. The number of carbonyl (C=O) groups excluding carboxylic acids is 1. The lowest BCUT2D eigenvalue weighted by atomic mass is 10.1. The number of nitrogens with one attached hydrogen (secondary N) is 1. The first-order valence-corrected chi connectivity index (χ1v) is 5.75. The molecule has 0 saturated carbocycles. The number of nitrogens with two attached hydrogens (primary N) is 1. The van der Waals surface area contributed by atoms with E-state index in [1.165, 1.54) is 24.4 Å². The molecular weight excluding hydrogens is 260 g/mol. The van der Waals surface area contributed by atoms with E-state index in [2.05, 4.69) is 10.3 Å². The van der Waals surface area contributed by atoms with Gasteiger partial charge in [-0.1, -0.05) is 6.07 Å². The Morgan fingerprint density at radius 3 is 2.70 bits per heavy atom. The topological polar surface area (TPSA) is 111 Å². The second kappa shape index (κ2) is 5.35. The molecule has 102 valence electrons. The first-order valence-electron chi connectivity index (χ1n) is 5.75. The largest absolute Gasteiger partial charge is 0.397 e. The van der Waals surface area contributed by atoms with Crippen molar-refractivity contribution in [1.82, 2.24) is 4.98 Å².